The van der Waals surface area contributed by atoms with Gasteiger partial charge in [0.15, 0.2) is 0 Å². The third-order valence-electron chi connectivity index (χ3n) is 2.71. The van der Waals surface area contributed by atoms with Crippen LogP contribution in [0.5, 0.6) is 0 Å². The number of hydrogen-bond acceptors (Lipinski definition) is 3. The molecule has 0 bridgehead atoms. The van der Waals surface area contributed by atoms with Crippen molar-refractivity contribution < 1.29 is 0 Å². The van der Waals surface area contributed by atoms with Crippen LogP contribution in [0.25, 0.3) is 21.7 Å². The zero-order valence-corrected chi connectivity index (χ0v) is 10.3. The van der Waals surface area contributed by atoms with Crippen LogP contribution in [0.2, 0.25) is 0 Å². The summed E-state index contributed by atoms with van der Waals surface area (Å²) in [6.45, 7) is 0. The van der Waals surface area contributed by atoms with Gasteiger partial charge < -0.3 is 5.84 Å². The summed E-state index contributed by atoms with van der Waals surface area (Å²) in [7, 11) is 0. The zero-order valence-electron chi connectivity index (χ0n) is 8.72. The second-order valence-electron chi connectivity index (χ2n) is 3.79. The number of nitrogens with two attached hydrogens (primary N) is 1. The Morgan fingerprint density at radius 1 is 1.18 bits per heavy atom. The number of aromatic nitrogens is 2. The molecule has 1 aromatic heterocycles. The molecule has 0 spiro atoms. The van der Waals surface area contributed by atoms with Gasteiger partial charge in [-0.1, -0.05) is 28.1 Å². The smallest absolute Gasteiger partial charge is 0.335 e. The number of hydrogen-bond donors (Lipinski definition) is 1. The highest BCUT2D eigenvalue weighted by Gasteiger charge is 2.04. The van der Waals surface area contributed by atoms with Gasteiger partial charge in [-0.15, -0.1) is 0 Å². The fourth-order valence-corrected chi connectivity index (χ4v) is 2.25. The summed E-state index contributed by atoms with van der Waals surface area (Å²) in [4.78, 5) is 15.3. The quantitative estimate of drug-likeness (QED) is 0.509. The van der Waals surface area contributed by atoms with Gasteiger partial charge in [-0.2, -0.15) is 4.98 Å². The molecule has 0 radical (unpaired) electrons. The third-order valence-corrected chi connectivity index (χ3v) is 3.20. The van der Waals surface area contributed by atoms with E-state index in [9.17, 15) is 4.79 Å². The average molecular weight is 290 g/mol. The molecule has 4 nitrogen and oxygen atoms in total. The van der Waals surface area contributed by atoms with Crippen molar-refractivity contribution in [2.75, 3.05) is 5.84 Å². The van der Waals surface area contributed by atoms with Crippen LogP contribution in [0.4, 0.5) is 0 Å². The number of rotatable bonds is 0. The Balaban J connectivity index is 2.58. The molecule has 3 aromatic rings. The van der Waals surface area contributed by atoms with E-state index in [-0.39, 0.29) is 0 Å². The molecule has 0 saturated heterocycles. The first-order valence-electron chi connectivity index (χ1n) is 5.02. The maximum absolute atomic E-state index is 11.4. The van der Waals surface area contributed by atoms with E-state index in [1.165, 1.54) is 0 Å². The molecule has 1 heterocycles. The first-order chi connectivity index (χ1) is 8.15. The number of halogens is 1. The van der Waals surface area contributed by atoms with Gasteiger partial charge in [-0.25, -0.2) is 9.47 Å². The van der Waals surface area contributed by atoms with Gasteiger partial charge in [-0.05, 0) is 29.0 Å². The van der Waals surface area contributed by atoms with Gasteiger partial charge in [0.1, 0.15) is 0 Å². The lowest BCUT2D eigenvalue weighted by Crippen LogP contribution is -2.28. The van der Waals surface area contributed by atoms with Gasteiger partial charge in [0.25, 0.3) is 0 Å². The van der Waals surface area contributed by atoms with E-state index in [0.29, 0.717) is 5.52 Å². The summed E-state index contributed by atoms with van der Waals surface area (Å²) in [6.07, 6.45) is 1.61. The van der Waals surface area contributed by atoms with E-state index in [1.807, 2.05) is 30.3 Å². The average Bonchev–Trinajstić information content (AvgIpc) is 2.31. The molecule has 0 aliphatic heterocycles. The van der Waals surface area contributed by atoms with Crippen LogP contribution in [0.1, 0.15) is 0 Å². The molecule has 0 unspecified atom stereocenters. The first-order valence-corrected chi connectivity index (χ1v) is 5.81. The lowest BCUT2D eigenvalue weighted by atomic mass is 10.1. The number of fused-ring (bicyclic) bond motifs is 3. The SMILES string of the molecule is Nn1cc2c(ccc3ccc(Br)cc32)nc1=O. The second kappa shape index (κ2) is 3.56. The number of benzene rings is 2. The number of nitrogens with zero attached hydrogens (tertiary/aromatic N) is 2. The summed E-state index contributed by atoms with van der Waals surface area (Å²) in [5.41, 5.74) is 0.203. The minimum Gasteiger partial charge on any atom is -0.335 e. The Morgan fingerprint density at radius 2 is 1.94 bits per heavy atom. The molecule has 0 atom stereocenters. The fraction of sp³-hybridized carbons (Fsp3) is 0. The largest absolute Gasteiger partial charge is 0.366 e. The highest BCUT2D eigenvalue weighted by molar-refractivity contribution is 9.10. The van der Waals surface area contributed by atoms with E-state index < -0.39 is 5.69 Å². The van der Waals surface area contributed by atoms with E-state index in [2.05, 4.69) is 20.9 Å². The third kappa shape index (κ3) is 1.59. The van der Waals surface area contributed by atoms with Crippen LogP contribution in [0.3, 0.4) is 0 Å². The van der Waals surface area contributed by atoms with Crippen molar-refractivity contribution in [2.45, 2.75) is 0 Å². The molecule has 17 heavy (non-hydrogen) atoms. The van der Waals surface area contributed by atoms with Crippen molar-refractivity contribution >= 4 is 37.6 Å². The Hall–Kier alpha value is -1.88. The minimum atomic E-state index is -0.452. The van der Waals surface area contributed by atoms with Gasteiger partial charge >= 0.3 is 5.69 Å². The van der Waals surface area contributed by atoms with Gasteiger partial charge in [0, 0.05) is 16.1 Å². The van der Waals surface area contributed by atoms with E-state index in [1.54, 1.807) is 6.20 Å². The van der Waals surface area contributed by atoms with Crippen LogP contribution in [-0.2, 0) is 0 Å². The summed E-state index contributed by atoms with van der Waals surface area (Å²) in [6, 6.07) is 9.74. The first kappa shape index (κ1) is 10.3. The molecule has 2 aromatic carbocycles. The molecule has 0 aliphatic carbocycles. The van der Waals surface area contributed by atoms with Gasteiger partial charge in [0.05, 0.1) is 5.52 Å². The van der Waals surface area contributed by atoms with Crippen molar-refractivity contribution in [3.8, 4) is 0 Å². The predicted octanol–water partition coefficient (Wildman–Crippen LogP) is 2.03. The molecular weight excluding hydrogens is 282 g/mol. The van der Waals surface area contributed by atoms with E-state index in [4.69, 9.17) is 5.84 Å². The maximum atomic E-state index is 11.4. The highest BCUT2D eigenvalue weighted by atomic mass is 79.9. The van der Waals surface area contributed by atoms with Crippen LogP contribution >= 0.6 is 15.9 Å². The summed E-state index contributed by atoms with van der Waals surface area (Å²) in [5.74, 6) is 5.54. The monoisotopic (exact) mass is 289 g/mol. The van der Waals surface area contributed by atoms with E-state index >= 15 is 0 Å². The van der Waals surface area contributed by atoms with Crippen molar-refractivity contribution in [2.24, 2.45) is 0 Å². The zero-order chi connectivity index (χ0) is 12.0. The maximum Gasteiger partial charge on any atom is 0.366 e. The Bertz CT molecular complexity index is 795. The van der Waals surface area contributed by atoms with Crippen molar-refractivity contribution in [3.63, 3.8) is 0 Å². The standard InChI is InChI=1S/C12H8BrN3O/c13-8-3-1-7-2-4-11-10(9(7)5-8)6-16(14)12(17)15-11/h1-6H,14H2. The van der Waals surface area contributed by atoms with Crippen LogP contribution in [0.15, 0.2) is 45.8 Å². The molecule has 0 amide bonds. The molecule has 0 aliphatic rings. The summed E-state index contributed by atoms with van der Waals surface area (Å²) in [5, 5.41) is 2.97. The molecule has 3 rings (SSSR count). The van der Waals surface area contributed by atoms with Crippen molar-refractivity contribution in [1.29, 1.82) is 0 Å². The Kier molecular flexibility index (Phi) is 2.16. The fourth-order valence-electron chi connectivity index (χ4n) is 1.89. The topological polar surface area (TPSA) is 60.9 Å². The van der Waals surface area contributed by atoms with Crippen molar-refractivity contribution in [1.82, 2.24) is 9.66 Å². The molecule has 0 saturated carbocycles. The van der Waals surface area contributed by atoms with Gasteiger partial charge in [-0.3, -0.25) is 0 Å². The molecule has 2 N–H and O–H groups in total. The minimum absolute atomic E-state index is 0.452. The van der Waals surface area contributed by atoms with Crippen LogP contribution < -0.4 is 11.5 Å². The highest BCUT2D eigenvalue weighted by Crippen LogP contribution is 2.25. The summed E-state index contributed by atoms with van der Waals surface area (Å²) >= 11 is 3.43. The number of nitrogen functional groups attached to an aromatic ring is 1. The lowest BCUT2D eigenvalue weighted by molar-refractivity contribution is 0.893. The summed E-state index contributed by atoms with van der Waals surface area (Å²) < 4.78 is 1.98. The molecule has 84 valence electrons. The Morgan fingerprint density at radius 3 is 2.76 bits per heavy atom. The van der Waals surface area contributed by atoms with Crippen LogP contribution in [0, 0.1) is 0 Å². The molecule has 0 fully saturated rings. The Labute approximate surface area is 105 Å². The second-order valence-corrected chi connectivity index (χ2v) is 4.71. The van der Waals surface area contributed by atoms with E-state index in [0.717, 1.165) is 25.3 Å². The van der Waals surface area contributed by atoms with Gasteiger partial charge in [0.2, 0.25) is 0 Å². The normalized spacial score (nSPS) is 11.1. The van der Waals surface area contributed by atoms with Crippen LogP contribution in [-0.4, -0.2) is 9.66 Å². The lowest BCUT2D eigenvalue weighted by Gasteiger charge is -2.05. The predicted molar refractivity (Wildman–Crippen MR) is 71.4 cm³/mol. The molecule has 5 heteroatoms. The van der Waals surface area contributed by atoms with Crippen molar-refractivity contribution in [3.05, 3.63) is 51.5 Å². The molecular formula is C12H8BrN3O.